The summed E-state index contributed by atoms with van der Waals surface area (Å²) in [6, 6.07) is 17.2. The van der Waals surface area contributed by atoms with Crippen LogP contribution in [0.3, 0.4) is 0 Å². The Morgan fingerprint density at radius 2 is 1.87 bits per heavy atom. The summed E-state index contributed by atoms with van der Waals surface area (Å²) in [4.78, 5) is 24.1. The molecule has 0 saturated heterocycles. The van der Waals surface area contributed by atoms with Crippen molar-refractivity contribution in [2.24, 2.45) is 0 Å². The maximum absolute atomic E-state index is 13.5. The lowest BCUT2D eigenvalue weighted by molar-refractivity contribution is 0.0985. The Kier molecular flexibility index (Phi) is 5.58. The number of halogens is 1. The second-order valence-electron chi connectivity index (χ2n) is 8.19. The first kappa shape index (κ1) is 20.5. The van der Waals surface area contributed by atoms with Crippen LogP contribution >= 0.6 is 22.9 Å². The van der Waals surface area contributed by atoms with Gasteiger partial charge in [-0.3, -0.25) is 14.7 Å². The van der Waals surface area contributed by atoms with E-state index in [2.05, 4.69) is 25.8 Å². The SMILES string of the molecule is CC(C)(C)c1ccc(C(=O)N(Cc2cccnc2)c2nc3ccc(Cl)cc3s2)cc1. The van der Waals surface area contributed by atoms with E-state index in [1.54, 1.807) is 17.3 Å². The van der Waals surface area contributed by atoms with Crippen LogP contribution in [0.15, 0.2) is 67.0 Å². The minimum Gasteiger partial charge on any atom is -0.279 e. The molecule has 0 atom stereocenters. The van der Waals surface area contributed by atoms with E-state index in [1.807, 2.05) is 54.6 Å². The fraction of sp³-hybridized carbons (Fsp3) is 0.208. The molecule has 4 rings (SSSR count). The van der Waals surface area contributed by atoms with Crippen molar-refractivity contribution in [2.75, 3.05) is 4.90 Å². The molecule has 0 aliphatic carbocycles. The summed E-state index contributed by atoms with van der Waals surface area (Å²) in [7, 11) is 0. The van der Waals surface area contributed by atoms with Crippen molar-refractivity contribution in [1.29, 1.82) is 0 Å². The van der Waals surface area contributed by atoms with Gasteiger partial charge in [0.1, 0.15) is 0 Å². The van der Waals surface area contributed by atoms with Gasteiger partial charge in [-0.2, -0.15) is 0 Å². The summed E-state index contributed by atoms with van der Waals surface area (Å²) < 4.78 is 0.949. The van der Waals surface area contributed by atoms with E-state index < -0.39 is 0 Å². The van der Waals surface area contributed by atoms with Crippen LogP contribution < -0.4 is 4.90 Å². The summed E-state index contributed by atoms with van der Waals surface area (Å²) in [5.41, 5.74) is 3.61. The van der Waals surface area contributed by atoms with Crippen LogP contribution in [0.2, 0.25) is 5.02 Å². The Bertz CT molecular complexity index is 1180. The number of hydrogen-bond acceptors (Lipinski definition) is 4. The molecule has 152 valence electrons. The third kappa shape index (κ3) is 4.37. The van der Waals surface area contributed by atoms with Gasteiger partial charge in [-0.05, 0) is 52.9 Å². The van der Waals surface area contributed by atoms with E-state index in [0.717, 1.165) is 15.8 Å². The molecular formula is C24H22ClN3OS. The van der Waals surface area contributed by atoms with Crippen LogP contribution in [0, 0.1) is 0 Å². The second kappa shape index (κ2) is 8.17. The predicted octanol–water partition coefficient (Wildman–Crippen LogP) is 6.49. The molecule has 2 aromatic carbocycles. The third-order valence-electron chi connectivity index (χ3n) is 4.88. The van der Waals surface area contributed by atoms with Crippen molar-refractivity contribution in [3.8, 4) is 0 Å². The van der Waals surface area contributed by atoms with E-state index in [-0.39, 0.29) is 11.3 Å². The monoisotopic (exact) mass is 435 g/mol. The van der Waals surface area contributed by atoms with Gasteiger partial charge in [-0.25, -0.2) is 4.98 Å². The van der Waals surface area contributed by atoms with Gasteiger partial charge in [0, 0.05) is 23.0 Å². The highest BCUT2D eigenvalue weighted by molar-refractivity contribution is 7.22. The van der Waals surface area contributed by atoms with E-state index in [1.165, 1.54) is 16.9 Å². The topological polar surface area (TPSA) is 46.1 Å². The fourth-order valence-corrected chi connectivity index (χ4v) is 4.41. The van der Waals surface area contributed by atoms with Gasteiger partial charge in [-0.1, -0.05) is 61.9 Å². The van der Waals surface area contributed by atoms with Gasteiger partial charge in [0.25, 0.3) is 5.91 Å². The van der Waals surface area contributed by atoms with Crippen LogP contribution in [0.1, 0.15) is 42.3 Å². The highest BCUT2D eigenvalue weighted by atomic mass is 35.5. The second-order valence-corrected chi connectivity index (χ2v) is 9.63. The lowest BCUT2D eigenvalue weighted by atomic mass is 9.86. The minimum atomic E-state index is -0.0931. The molecular weight excluding hydrogens is 414 g/mol. The Balaban J connectivity index is 1.73. The molecule has 0 aliphatic rings. The standard InChI is InChI=1S/C24H22ClN3OS/c1-24(2,3)18-8-6-17(7-9-18)22(29)28(15-16-5-4-12-26-14-16)23-27-20-11-10-19(25)13-21(20)30-23/h4-14H,15H2,1-3H3. The fourth-order valence-electron chi connectivity index (χ4n) is 3.17. The van der Waals surface area contributed by atoms with Crippen molar-refractivity contribution in [2.45, 2.75) is 32.7 Å². The molecule has 30 heavy (non-hydrogen) atoms. The number of fused-ring (bicyclic) bond motifs is 1. The summed E-state index contributed by atoms with van der Waals surface area (Å²) >= 11 is 7.60. The average molecular weight is 436 g/mol. The summed E-state index contributed by atoms with van der Waals surface area (Å²) in [6.45, 7) is 6.86. The van der Waals surface area contributed by atoms with Crippen LogP contribution in [0.25, 0.3) is 10.2 Å². The lowest BCUT2D eigenvalue weighted by Crippen LogP contribution is -2.30. The maximum Gasteiger partial charge on any atom is 0.260 e. The average Bonchev–Trinajstić information content (AvgIpc) is 3.14. The number of benzene rings is 2. The zero-order valence-corrected chi connectivity index (χ0v) is 18.7. The molecule has 4 nitrogen and oxygen atoms in total. The number of carbonyl (C=O) groups is 1. The molecule has 0 radical (unpaired) electrons. The first-order valence-electron chi connectivity index (χ1n) is 9.69. The molecule has 0 spiro atoms. The molecule has 0 fully saturated rings. The maximum atomic E-state index is 13.5. The molecule has 2 aromatic heterocycles. The van der Waals surface area contributed by atoms with E-state index in [4.69, 9.17) is 16.6 Å². The number of aromatic nitrogens is 2. The van der Waals surface area contributed by atoms with Crippen molar-refractivity contribution in [3.63, 3.8) is 0 Å². The molecule has 0 saturated carbocycles. The minimum absolute atomic E-state index is 0.0310. The van der Waals surface area contributed by atoms with Crippen LogP contribution in [0.4, 0.5) is 5.13 Å². The quantitative estimate of drug-likeness (QED) is 0.368. The van der Waals surface area contributed by atoms with Crippen LogP contribution in [0.5, 0.6) is 0 Å². The van der Waals surface area contributed by atoms with Crippen molar-refractivity contribution in [3.05, 3.63) is 88.7 Å². The van der Waals surface area contributed by atoms with Gasteiger partial charge < -0.3 is 0 Å². The number of rotatable bonds is 4. The molecule has 0 unspecified atom stereocenters. The van der Waals surface area contributed by atoms with Crippen molar-refractivity contribution in [1.82, 2.24) is 9.97 Å². The smallest absolute Gasteiger partial charge is 0.260 e. The predicted molar refractivity (Wildman–Crippen MR) is 125 cm³/mol. The summed E-state index contributed by atoms with van der Waals surface area (Å²) in [6.07, 6.45) is 3.49. The van der Waals surface area contributed by atoms with Gasteiger partial charge in [-0.15, -0.1) is 0 Å². The van der Waals surface area contributed by atoms with Gasteiger partial charge in [0.15, 0.2) is 5.13 Å². The van der Waals surface area contributed by atoms with Crippen molar-refractivity contribution < 1.29 is 4.79 Å². The zero-order valence-electron chi connectivity index (χ0n) is 17.1. The number of hydrogen-bond donors (Lipinski definition) is 0. The molecule has 6 heteroatoms. The first-order chi connectivity index (χ1) is 14.3. The molecule has 4 aromatic rings. The molecule has 0 N–H and O–H groups in total. The van der Waals surface area contributed by atoms with Crippen LogP contribution in [-0.4, -0.2) is 15.9 Å². The van der Waals surface area contributed by atoms with Gasteiger partial charge in [0.2, 0.25) is 0 Å². The Morgan fingerprint density at radius 3 is 2.53 bits per heavy atom. The molecule has 0 bridgehead atoms. The van der Waals surface area contributed by atoms with Gasteiger partial charge in [0.05, 0.1) is 16.8 Å². The zero-order chi connectivity index (χ0) is 21.3. The lowest BCUT2D eigenvalue weighted by Gasteiger charge is -2.22. The number of carbonyl (C=O) groups excluding carboxylic acids is 1. The number of amides is 1. The van der Waals surface area contributed by atoms with E-state index >= 15 is 0 Å². The van der Waals surface area contributed by atoms with Gasteiger partial charge >= 0.3 is 0 Å². The van der Waals surface area contributed by atoms with E-state index in [0.29, 0.717) is 22.3 Å². The molecule has 0 aliphatic heterocycles. The number of anilines is 1. The van der Waals surface area contributed by atoms with Crippen molar-refractivity contribution >= 4 is 44.2 Å². The Hall–Kier alpha value is -2.76. The van der Waals surface area contributed by atoms with E-state index in [9.17, 15) is 4.79 Å². The normalized spacial score (nSPS) is 11.6. The molecule has 2 heterocycles. The molecule has 1 amide bonds. The third-order valence-corrected chi connectivity index (χ3v) is 6.15. The highest BCUT2D eigenvalue weighted by Gasteiger charge is 2.23. The Labute approximate surface area is 185 Å². The number of thiazole rings is 1. The van der Waals surface area contributed by atoms with Crippen LogP contribution in [-0.2, 0) is 12.0 Å². The summed E-state index contributed by atoms with van der Waals surface area (Å²) in [5, 5.41) is 1.29. The number of pyridine rings is 1. The number of nitrogens with zero attached hydrogens (tertiary/aromatic N) is 3. The Morgan fingerprint density at radius 1 is 1.10 bits per heavy atom. The summed E-state index contributed by atoms with van der Waals surface area (Å²) in [5.74, 6) is -0.0931. The highest BCUT2D eigenvalue weighted by Crippen LogP contribution is 2.32. The largest absolute Gasteiger partial charge is 0.279 e. The first-order valence-corrected chi connectivity index (χ1v) is 10.9.